The molecule has 2 atom stereocenters. The molecule has 0 spiro atoms. The van der Waals surface area contributed by atoms with E-state index in [1.54, 1.807) is 7.11 Å². The molecule has 2 nitrogen and oxygen atoms in total. The van der Waals surface area contributed by atoms with Gasteiger partial charge in [-0.05, 0) is 24.1 Å². The lowest BCUT2D eigenvalue weighted by atomic mass is 9.99. The molecule has 3 heteroatoms. The van der Waals surface area contributed by atoms with Crippen LogP contribution in [0.5, 0.6) is 5.75 Å². The van der Waals surface area contributed by atoms with Crippen molar-refractivity contribution in [3.05, 3.63) is 65.2 Å². The molecule has 0 amide bonds. The van der Waals surface area contributed by atoms with Gasteiger partial charge in [0, 0.05) is 29.2 Å². The zero-order valence-electron chi connectivity index (χ0n) is 12.5. The molecule has 0 radical (unpaired) electrons. The molecule has 110 valence electrons. The van der Waals surface area contributed by atoms with E-state index in [4.69, 9.17) is 4.74 Å². The molecule has 21 heavy (non-hydrogen) atoms. The van der Waals surface area contributed by atoms with Crippen LogP contribution in [0.2, 0.25) is 0 Å². The van der Waals surface area contributed by atoms with Crippen LogP contribution in [0.1, 0.15) is 35.7 Å². The Morgan fingerprint density at radius 2 is 1.90 bits per heavy atom. The first kappa shape index (κ1) is 14.5. The van der Waals surface area contributed by atoms with Crippen molar-refractivity contribution in [2.45, 2.75) is 24.8 Å². The number of benzene rings is 2. The fourth-order valence-electron chi connectivity index (χ4n) is 2.94. The summed E-state index contributed by atoms with van der Waals surface area (Å²) in [5.74, 6) is 3.20. The van der Waals surface area contributed by atoms with E-state index in [1.807, 2.05) is 23.9 Å². The van der Waals surface area contributed by atoms with Crippen molar-refractivity contribution in [1.29, 1.82) is 0 Å². The molecule has 0 aromatic heterocycles. The summed E-state index contributed by atoms with van der Waals surface area (Å²) in [7, 11) is 1.73. The monoisotopic (exact) mass is 299 g/mol. The Balaban J connectivity index is 1.81. The zero-order chi connectivity index (χ0) is 14.7. The van der Waals surface area contributed by atoms with Crippen LogP contribution < -0.4 is 10.1 Å². The normalized spacial score (nSPS) is 18.9. The molecule has 2 aromatic carbocycles. The Labute approximate surface area is 130 Å². The fourth-order valence-corrected chi connectivity index (χ4v) is 4.05. The molecular formula is C18H21NOS. The number of para-hydroxylation sites is 1. The summed E-state index contributed by atoms with van der Waals surface area (Å²) in [6.07, 6.45) is 0. The summed E-state index contributed by atoms with van der Waals surface area (Å²) in [4.78, 5) is 0. The quantitative estimate of drug-likeness (QED) is 0.907. The molecule has 0 bridgehead atoms. The average molecular weight is 299 g/mol. The first-order valence-electron chi connectivity index (χ1n) is 7.34. The van der Waals surface area contributed by atoms with Gasteiger partial charge in [0.15, 0.2) is 0 Å². The highest BCUT2D eigenvalue weighted by Gasteiger charge is 2.22. The maximum atomic E-state index is 5.48. The van der Waals surface area contributed by atoms with Gasteiger partial charge >= 0.3 is 0 Å². The van der Waals surface area contributed by atoms with Crippen molar-refractivity contribution in [2.75, 3.05) is 12.9 Å². The number of thioether (sulfide) groups is 1. The Kier molecular flexibility index (Phi) is 4.51. The second-order valence-corrected chi connectivity index (χ2v) is 6.43. The lowest BCUT2D eigenvalue weighted by Crippen LogP contribution is -2.29. The number of nitrogens with one attached hydrogen (secondary N) is 1. The fraction of sp³-hybridized carbons (Fsp3) is 0.333. The van der Waals surface area contributed by atoms with Crippen LogP contribution in [-0.2, 0) is 5.75 Å². The molecular weight excluding hydrogens is 278 g/mol. The van der Waals surface area contributed by atoms with E-state index in [0.29, 0.717) is 6.04 Å². The van der Waals surface area contributed by atoms with Gasteiger partial charge in [-0.3, -0.25) is 0 Å². The van der Waals surface area contributed by atoms with E-state index in [1.165, 1.54) is 16.7 Å². The maximum absolute atomic E-state index is 5.48. The van der Waals surface area contributed by atoms with Crippen molar-refractivity contribution < 1.29 is 4.74 Å². The molecule has 1 aliphatic heterocycles. The summed E-state index contributed by atoms with van der Waals surface area (Å²) >= 11 is 2.00. The van der Waals surface area contributed by atoms with Crippen LogP contribution >= 0.6 is 11.8 Å². The van der Waals surface area contributed by atoms with E-state index in [9.17, 15) is 0 Å². The van der Waals surface area contributed by atoms with Crippen molar-refractivity contribution >= 4 is 11.8 Å². The van der Waals surface area contributed by atoms with E-state index in [-0.39, 0.29) is 6.04 Å². The van der Waals surface area contributed by atoms with Gasteiger partial charge < -0.3 is 10.1 Å². The Hall–Kier alpha value is -1.45. The first-order chi connectivity index (χ1) is 10.3. The molecule has 2 aromatic rings. The lowest BCUT2D eigenvalue weighted by Gasteiger charge is -2.29. The van der Waals surface area contributed by atoms with E-state index in [0.717, 1.165) is 17.3 Å². The maximum Gasteiger partial charge on any atom is 0.123 e. The molecule has 0 saturated carbocycles. The predicted octanol–water partition coefficient (Wildman–Crippen LogP) is 4.33. The summed E-state index contributed by atoms with van der Waals surface area (Å²) in [6, 6.07) is 17.7. The van der Waals surface area contributed by atoms with E-state index in [2.05, 4.69) is 48.6 Å². The minimum absolute atomic E-state index is 0.262. The minimum atomic E-state index is 0.262. The van der Waals surface area contributed by atoms with Gasteiger partial charge in [-0.2, -0.15) is 11.8 Å². The third-order valence-corrected chi connectivity index (χ3v) is 5.11. The SMILES string of the molecule is COc1ccccc1[C@@H](C)NC1CSCc2ccccc21. The van der Waals surface area contributed by atoms with Gasteiger partial charge in [0.05, 0.1) is 7.11 Å². The smallest absolute Gasteiger partial charge is 0.123 e. The highest BCUT2D eigenvalue weighted by atomic mass is 32.2. The number of ether oxygens (including phenoxy) is 1. The molecule has 1 unspecified atom stereocenters. The van der Waals surface area contributed by atoms with Gasteiger partial charge in [-0.15, -0.1) is 0 Å². The van der Waals surface area contributed by atoms with Crippen molar-refractivity contribution in [3.63, 3.8) is 0 Å². The van der Waals surface area contributed by atoms with Crippen molar-refractivity contribution in [2.24, 2.45) is 0 Å². The second-order valence-electron chi connectivity index (χ2n) is 5.40. The van der Waals surface area contributed by atoms with Gasteiger partial charge in [-0.1, -0.05) is 42.5 Å². The summed E-state index contributed by atoms with van der Waals surface area (Å²) < 4.78 is 5.48. The topological polar surface area (TPSA) is 21.3 Å². The Bertz CT molecular complexity index is 614. The molecule has 0 aliphatic carbocycles. The molecule has 1 N–H and O–H groups in total. The molecule has 3 rings (SSSR count). The highest BCUT2D eigenvalue weighted by Crippen LogP contribution is 2.34. The minimum Gasteiger partial charge on any atom is -0.496 e. The molecule has 0 saturated heterocycles. The molecule has 1 aliphatic rings. The standard InChI is InChI=1S/C18H21NOS/c1-13(15-8-5-6-10-18(15)20-2)19-17-12-21-11-14-7-3-4-9-16(14)17/h3-10,13,17,19H,11-12H2,1-2H3/t13-,17?/m1/s1. The third-order valence-electron chi connectivity index (χ3n) is 4.03. The number of fused-ring (bicyclic) bond motifs is 1. The summed E-state index contributed by atoms with van der Waals surface area (Å²) in [5, 5.41) is 3.77. The molecule has 0 fully saturated rings. The van der Waals surface area contributed by atoms with Crippen LogP contribution in [0.4, 0.5) is 0 Å². The number of methoxy groups -OCH3 is 1. The number of hydrogen-bond donors (Lipinski definition) is 1. The van der Waals surface area contributed by atoms with Crippen molar-refractivity contribution in [1.82, 2.24) is 5.32 Å². The van der Waals surface area contributed by atoms with Crippen molar-refractivity contribution in [3.8, 4) is 5.75 Å². The van der Waals surface area contributed by atoms with Crippen LogP contribution in [0, 0.1) is 0 Å². The van der Waals surface area contributed by atoms with Crippen LogP contribution in [0.25, 0.3) is 0 Å². The second kappa shape index (κ2) is 6.54. The van der Waals surface area contributed by atoms with E-state index >= 15 is 0 Å². The number of rotatable bonds is 4. The van der Waals surface area contributed by atoms with Gasteiger partial charge in [0.2, 0.25) is 0 Å². The highest BCUT2D eigenvalue weighted by molar-refractivity contribution is 7.98. The Morgan fingerprint density at radius 3 is 2.76 bits per heavy atom. The third kappa shape index (κ3) is 3.09. The largest absolute Gasteiger partial charge is 0.496 e. The van der Waals surface area contributed by atoms with E-state index < -0.39 is 0 Å². The Morgan fingerprint density at radius 1 is 1.14 bits per heavy atom. The zero-order valence-corrected chi connectivity index (χ0v) is 13.3. The van der Waals surface area contributed by atoms with Crippen LogP contribution in [0.3, 0.4) is 0 Å². The predicted molar refractivity (Wildman–Crippen MR) is 89.9 cm³/mol. The summed E-state index contributed by atoms with van der Waals surface area (Å²) in [6.45, 7) is 2.21. The van der Waals surface area contributed by atoms with Gasteiger partial charge in [-0.25, -0.2) is 0 Å². The summed E-state index contributed by atoms with van der Waals surface area (Å²) in [5.41, 5.74) is 4.12. The first-order valence-corrected chi connectivity index (χ1v) is 8.49. The van der Waals surface area contributed by atoms with Crippen LogP contribution in [0.15, 0.2) is 48.5 Å². The molecule has 1 heterocycles. The average Bonchev–Trinajstić information content (AvgIpc) is 2.55. The van der Waals surface area contributed by atoms with Crippen LogP contribution in [-0.4, -0.2) is 12.9 Å². The van der Waals surface area contributed by atoms with Gasteiger partial charge in [0.25, 0.3) is 0 Å². The van der Waals surface area contributed by atoms with Gasteiger partial charge in [0.1, 0.15) is 5.75 Å². The number of hydrogen-bond acceptors (Lipinski definition) is 3. The lowest BCUT2D eigenvalue weighted by molar-refractivity contribution is 0.397.